The minimum absolute atomic E-state index is 0.0364. The molecule has 0 aliphatic heterocycles. The lowest BCUT2D eigenvalue weighted by Gasteiger charge is -2.19. The minimum Gasteiger partial charge on any atom is -0.508 e. The van der Waals surface area contributed by atoms with E-state index in [0.29, 0.717) is 35.0 Å². The normalized spacial score (nSPS) is 12.3. The molecule has 1 aromatic heterocycles. The number of carbonyl (C=O) groups excluding carboxylic acids is 2. The fourth-order valence-electron chi connectivity index (χ4n) is 4.49. The van der Waals surface area contributed by atoms with Gasteiger partial charge in [0.25, 0.3) is 5.91 Å². The van der Waals surface area contributed by atoms with Gasteiger partial charge in [0.05, 0.1) is 29.3 Å². The summed E-state index contributed by atoms with van der Waals surface area (Å²) in [5.41, 5.74) is 1.13. The Morgan fingerprint density at radius 3 is 2.40 bits per heavy atom. The number of pyridine rings is 1. The van der Waals surface area contributed by atoms with Crippen LogP contribution in [0.3, 0.4) is 0 Å². The number of phenols is 1. The Morgan fingerprint density at radius 2 is 1.72 bits per heavy atom. The molecule has 4 rings (SSSR count). The van der Waals surface area contributed by atoms with Crippen LogP contribution in [-0.4, -0.2) is 73.9 Å². The third kappa shape index (κ3) is 8.30. The van der Waals surface area contributed by atoms with Crippen molar-refractivity contribution in [2.75, 3.05) is 41.0 Å². The smallest absolute Gasteiger partial charge is 0.416 e. The lowest BCUT2D eigenvalue weighted by atomic mass is 9.98. The number of benzene rings is 3. The lowest BCUT2D eigenvalue weighted by molar-refractivity contribution is -0.137. The van der Waals surface area contributed by atoms with Crippen molar-refractivity contribution < 1.29 is 37.3 Å². The highest BCUT2D eigenvalue weighted by molar-refractivity contribution is 6.07. The van der Waals surface area contributed by atoms with E-state index in [1.54, 1.807) is 48.5 Å². The molecule has 226 valence electrons. The Hall–Kier alpha value is -4.48. The van der Waals surface area contributed by atoms with E-state index in [4.69, 9.17) is 9.47 Å². The van der Waals surface area contributed by atoms with Gasteiger partial charge in [0.15, 0.2) is 0 Å². The Morgan fingerprint density at radius 1 is 1.00 bits per heavy atom. The van der Waals surface area contributed by atoms with Gasteiger partial charge in [-0.15, -0.1) is 0 Å². The van der Waals surface area contributed by atoms with Crippen molar-refractivity contribution in [3.63, 3.8) is 0 Å². The number of nitrogens with one attached hydrogen (secondary N) is 1. The summed E-state index contributed by atoms with van der Waals surface area (Å²) in [6, 6.07) is 17.1. The third-order valence-electron chi connectivity index (χ3n) is 6.68. The van der Waals surface area contributed by atoms with Crippen LogP contribution in [0.5, 0.6) is 5.75 Å². The number of alkyl halides is 3. The maximum Gasteiger partial charge on any atom is 0.416 e. The number of halogens is 3. The van der Waals surface area contributed by atoms with E-state index in [9.17, 15) is 27.9 Å². The standard InChI is InChI=1S/C32H32F3N3O5/c1-38(2)13-14-43-31(41)27-18-29(30(40)36-24(19-42-3)15-20-7-10-25(39)11-8-20)37-28-12-9-22(17-26(27)28)21-5-4-6-23(16-21)32(33,34)35/h4-12,16-18,24,39H,13-15,19H2,1-3H3,(H,36,40)/t24-/m0/s1. The highest BCUT2D eigenvalue weighted by Crippen LogP contribution is 2.33. The van der Waals surface area contributed by atoms with Gasteiger partial charge >= 0.3 is 12.1 Å². The van der Waals surface area contributed by atoms with E-state index in [1.807, 2.05) is 19.0 Å². The first-order valence-corrected chi connectivity index (χ1v) is 13.5. The number of methoxy groups -OCH3 is 1. The summed E-state index contributed by atoms with van der Waals surface area (Å²) < 4.78 is 50.8. The summed E-state index contributed by atoms with van der Waals surface area (Å²) in [4.78, 5) is 32.9. The van der Waals surface area contributed by atoms with Gasteiger partial charge in [-0.1, -0.05) is 30.3 Å². The Bertz CT molecular complexity index is 1590. The first-order chi connectivity index (χ1) is 20.4. The molecule has 0 spiro atoms. The largest absolute Gasteiger partial charge is 0.508 e. The monoisotopic (exact) mass is 595 g/mol. The van der Waals surface area contributed by atoms with Gasteiger partial charge in [-0.2, -0.15) is 13.2 Å². The molecule has 1 atom stereocenters. The number of phenolic OH excluding ortho intramolecular Hbond substituents is 1. The molecule has 3 aromatic carbocycles. The van der Waals surface area contributed by atoms with Gasteiger partial charge in [-0.25, -0.2) is 9.78 Å². The van der Waals surface area contributed by atoms with Crippen LogP contribution in [0, 0.1) is 0 Å². The number of esters is 1. The number of amides is 1. The average Bonchev–Trinajstić information content (AvgIpc) is 2.97. The van der Waals surface area contributed by atoms with E-state index in [2.05, 4.69) is 10.3 Å². The fraction of sp³-hybridized carbons (Fsp3) is 0.281. The van der Waals surface area contributed by atoms with Crippen molar-refractivity contribution in [2.45, 2.75) is 18.6 Å². The molecule has 1 heterocycles. The number of rotatable bonds is 11. The molecule has 11 heteroatoms. The molecule has 0 radical (unpaired) electrons. The molecular weight excluding hydrogens is 563 g/mol. The molecule has 4 aromatic rings. The van der Waals surface area contributed by atoms with E-state index in [1.165, 1.54) is 19.2 Å². The van der Waals surface area contributed by atoms with Crippen LogP contribution in [0.25, 0.3) is 22.0 Å². The van der Waals surface area contributed by atoms with Gasteiger partial charge < -0.3 is 24.8 Å². The fourth-order valence-corrected chi connectivity index (χ4v) is 4.49. The minimum atomic E-state index is -4.51. The van der Waals surface area contributed by atoms with Crippen LogP contribution in [0.4, 0.5) is 13.2 Å². The second-order valence-electron chi connectivity index (χ2n) is 10.3. The molecule has 43 heavy (non-hydrogen) atoms. The van der Waals surface area contributed by atoms with Gasteiger partial charge in [0, 0.05) is 19.0 Å². The Kier molecular flexibility index (Phi) is 9.99. The predicted octanol–water partition coefficient (Wildman–Crippen LogP) is 5.33. The molecule has 1 amide bonds. The Labute approximate surface area is 247 Å². The number of nitrogens with zero attached hydrogens (tertiary/aromatic N) is 2. The SMILES string of the molecule is COC[C@H](Cc1ccc(O)cc1)NC(=O)c1cc(C(=O)OCCN(C)C)c2cc(-c3cccc(C(F)(F)F)c3)ccc2n1. The van der Waals surface area contributed by atoms with E-state index >= 15 is 0 Å². The number of ether oxygens (including phenoxy) is 2. The molecule has 0 saturated carbocycles. The van der Waals surface area contributed by atoms with Crippen LogP contribution in [0.1, 0.15) is 32.0 Å². The van der Waals surface area contributed by atoms with Crippen LogP contribution >= 0.6 is 0 Å². The van der Waals surface area contributed by atoms with Crippen molar-refractivity contribution in [3.8, 4) is 16.9 Å². The molecular formula is C32H32F3N3O5. The van der Waals surface area contributed by atoms with Crippen molar-refractivity contribution in [2.24, 2.45) is 0 Å². The highest BCUT2D eigenvalue weighted by Gasteiger charge is 2.30. The van der Waals surface area contributed by atoms with Gasteiger partial charge in [-0.05, 0) is 79.7 Å². The topological polar surface area (TPSA) is 101 Å². The van der Waals surface area contributed by atoms with E-state index < -0.39 is 29.7 Å². The number of fused-ring (bicyclic) bond motifs is 1. The number of hydrogen-bond acceptors (Lipinski definition) is 7. The number of carbonyl (C=O) groups is 2. The number of aromatic hydroxyl groups is 1. The van der Waals surface area contributed by atoms with Crippen molar-refractivity contribution >= 4 is 22.8 Å². The highest BCUT2D eigenvalue weighted by atomic mass is 19.4. The van der Waals surface area contributed by atoms with Gasteiger partial charge in [0.2, 0.25) is 0 Å². The maximum absolute atomic E-state index is 13.4. The molecule has 0 fully saturated rings. The van der Waals surface area contributed by atoms with Crippen LogP contribution in [-0.2, 0) is 22.1 Å². The molecule has 0 saturated heterocycles. The number of aromatic nitrogens is 1. The zero-order valence-electron chi connectivity index (χ0n) is 23.9. The lowest BCUT2D eigenvalue weighted by Crippen LogP contribution is -2.40. The van der Waals surface area contributed by atoms with Crippen molar-refractivity contribution in [1.29, 1.82) is 0 Å². The number of likely N-dealkylation sites (N-methyl/N-ethyl adjacent to an activating group) is 1. The maximum atomic E-state index is 13.4. The molecule has 2 N–H and O–H groups in total. The summed E-state index contributed by atoms with van der Waals surface area (Å²) in [6.45, 7) is 0.751. The summed E-state index contributed by atoms with van der Waals surface area (Å²) in [6.07, 6.45) is -4.10. The third-order valence-corrected chi connectivity index (χ3v) is 6.68. The summed E-state index contributed by atoms with van der Waals surface area (Å²) in [5.74, 6) is -1.12. The zero-order chi connectivity index (χ0) is 31.1. The van der Waals surface area contributed by atoms with Crippen molar-refractivity contribution in [1.82, 2.24) is 15.2 Å². The molecule has 0 aliphatic rings. The number of hydrogen-bond donors (Lipinski definition) is 2. The zero-order valence-corrected chi connectivity index (χ0v) is 23.9. The average molecular weight is 596 g/mol. The van der Waals surface area contributed by atoms with E-state index in [0.717, 1.165) is 17.7 Å². The molecule has 0 aliphatic carbocycles. The Balaban J connectivity index is 1.70. The van der Waals surface area contributed by atoms with Gasteiger partial charge in [-0.3, -0.25) is 4.79 Å². The molecule has 8 nitrogen and oxygen atoms in total. The van der Waals surface area contributed by atoms with Crippen LogP contribution in [0.2, 0.25) is 0 Å². The van der Waals surface area contributed by atoms with Crippen LogP contribution in [0.15, 0.2) is 72.8 Å². The second-order valence-corrected chi connectivity index (χ2v) is 10.3. The van der Waals surface area contributed by atoms with Gasteiger partial charge in [0.1, 0.15) is 18.1 Å². The van der Waals surface area contributed by atoms with E-state index in [-0.39, 0.29) is 30.2 Å². The molecule has 0 unspecified atom stereocenters. The van der Waals surface area contributed by atoms with Crippen LogP contribution < -0.4 is 5.32 Å². The first-order valence-electron chi connectivity index (χ1n) is 13.5. The first kappa shape index (κ1) is 31.5. The summed E-state index contributed by atoms with van der Waals surface area (Å²) >= 11 is 0. The predicted molar refractivity (Wildman–Crippen MR) is 156 cm³/mol. The molecule has 0 bridgehead atoms. The summed E-state index contributed by atoms with van der Waals surface area (Å²) in [7, 11) is 5.16. The quantitative estimate of drug-likeness (QED) is 0.226. The second kappa shape index (κ2) is 13.7. The van der Waals surface area contributed by atoms with Crippen molar-refractivity contribution in [3.05, 3.63) is 95.2 Å². The summed E-state index contributed by atoms with van der Waals surface area (Å²) in [5, 5.41) is 12.8.